The number of nitrogens with zero attached hydrogens (tertiary/aromatic N) is 3. The number of nitrogen functional groups attached to an aromatic ring is 1. The molecule has 0 atom stereocenters. The van der Waals surface area contributed by atoms with Crippen LogP contribution in [0.15, 0.2) is 22.9 Å². The number of hydrogen-bond donors (Lipinski definition) is 1. The topological polar surface area (TPSA) is 77.8 Å². The molecular formula is C11H14N4O. The Morgan fingerprint density at radius 2 is 2.06 bits per heavy atom. The van der Waals surface area contributed by atoms with Crippen molar-refractivity contribution in [3.8, 4) is 11.5 Å². The van der Waals surface area contributed by atoms with Crippen molar-refractivity contribution in [3.05, 3.63) is 24.2 Å². The smallest absolute Gasteiger partial charge is 0.258 e. The van der Waals surface area contributed by atoms with E-state index in [0.29, 0.717) is 17.5 Å². The summed E-state index contributed by atoms with van der Waals surface area (Å²) in [6, 6.07) is 3.50. The van der Waals surface area contributed by atoms with Gasteiger partial charge < -0.3 is 10.3 Å². The molecule has 0 amide bonds. The van der Waals surface area contributed by atoms with Gasteiger partial charge in [0.2, 0.25) is 0 Å². The first-order chi connectivity index (χ1) is 7.47. The van der Waals surface area contributed by atoms with Gasteiger partial charge in [-0.25, -0.2) is 4.98 Å². The van der Waals surface area contributed by atoms with Gasteiger partial charge in [0.15, 0.2) is 5.82 Å². The highest BCUT2D eigenvalue weighted by Gasteiger charge is 2.21. The molecule has 2 aromatic heterocycles. The van der Waals surface area contributed by atoms with Gasteiger partial charge in [0, 0.05) is 17.2 Å². The summed E-state index contributed by atoms with van der Waals surface area (Å²) in [6.07, 6.45) is 1.62. The van der Waals surface area contributed by atoms with Gasteiger partial charge in [-0.05, 0) is 12.1 Å². The van der Waals surface area contributed by atoms with Gasteiger partial charge in [-0.15, -0.1) is 0 Å². The molecule has 5 nitrogen and oxygen atoms in total. The van der Waals surface area contributed by atoms with Crippen LogP contribution in [0.2, 0.25) is 0 Å². The van der Waals surface area contributed by atoms with Crippen molar-refractivity contribution in [1.29, 1.82) is 0 Å². The molecule has 0 radical (unpaired) electrons. The maximum Gasteiger partial charge on any atom is 0.258 e. The van der Waals surface area contributed by atoms with Crippen molar-refractivity contribution in [2.75, 3.05) is 5.73 Å². The fourth-order valence-electron chi connectivity index (χ4n) is 1.23. The fraction of sp³-hybridized carbons (Fsp3) is 0.364. The molecule has 0 unspecified atom stereocenters. The van der Waals surface area contributed by atoms with Crippen LogP contribution in [0.25, 0.3) is 11.5 Å². The van der Waals surface area contributed by atoms with Crippen LogP contribution in [0.1, 0.15) is 26.6 Å². The van der Waals surface area contributed by atoms with Gasteiger partial charge in [-0.1, -0.05) is 25.9 Å². The predicted octanol–water partition coefficient (Wildman–Crippen LogP) is 2.01. The molecule has 0 aromatic carbocycles. The summed E-state index contributed by atoms with van der Waals surface area (Å²) >= 11 is 0. The van der Waals surface area contributed by atoms with Crippen molar-refractivity contribution in [2.24, 2.45) is 0 Å². The van der Waals surface area contributed by atoms with E-state index in [4.69, 9.17) is 10.3 Å². The third kappa shape index (κ3) is 2.03. The molecule has 5 heteroatoms. The van der Waals surface area contributed by atoms with Crippen LogP contribution in [-0.2, 0) is 5.41 Å². The first-order valence-electron chi connectivity index (χ1n) is 5.03. The molecule has 0 spiro atoms. The Labute approximate surface area is 93.7 Å². The van der Waals surface area contributed by atoms with Crippen molar-refractivity contribution in [1.82, 2.24) is 15.1 Å². The van der Waals surface area contributed by atoms with Crippen LogP contribution in [0.3, 0.4) is 0 Å². The molecule has 2 heterocycles. The van der Waals surface area contributed by atoms with Crippen LogP contribution >= 0.6 is 0 Å². The molecule has 0 aliphatic heterocycles. The van der Waals surface area contributed by atoms with E-state index in [1.165, 1.54) is 0 Å². The summed E-state index contributed by atoms with van der Waals surface area (Å²) in [7, 11) is 0. The van der Waals surface area contributed by atoms with E-state index in [2.05, 4.69) is 15.1 Å². The van der Waals surface area contributed by atoms with E-state index in [-0.39, 0.29) is 5.41 Å². The number of anilines is 1. The van der Waals surface area contributed by atoms with Crippen molar-refractivity contribution < 1.29 is 4.52 Å². The largest absolute Gasteiger partial charge is 0.384 e. The first kappa shape index (κ1) is 10.6. The second-order valence-corrected chi connectivity index (χ2v) is 4.64. The lowest BCUT2D eigenvalue weighted by Crippen LogP contribution is -2.13. The number of aromatic nitrogens is 3. The lowest BCUT2D eigenvalue weighted by Gasteiger charge is -2.10. The van der Waals surface area contributed by atoms with E-state index in [1.807, 2.05) is 20.8 Å². The Hall–Kier alpha value is -1.91. The van der Waals surface area contributed by atoms with Gasteiger partial charge in [0.05, 0.1) is 0 Å². The summed E-state index contributed by atoms with van der Waals surface area (Å²) in [5.41, 5.74) is 6.25. The summed E-state index contributed by atoms with van der Waals surface area (Å²) in [6.45, 7) is 6.09. The zero-order valence-corrected chi connectivity index (χ0v) is 9.56. The SMILES string of the molecule is CC(C)(C)c1noc(-c2ccnc(N)c2)n1. The van der Waals surface area contributed by atoms with E-state index >= 15 is 0 Å². The van der Waals surface area contributed by atoms with Crippen LogP contribution < -0.4 is 5.73 Å². The molecule has 16 heavy (non-hydrogen) atoms. The molecule has 0 saturated carbocycles. The lowest BCUT2D eigenvalue weighted by atomic mass is 9.96. The molecule has 2 aromatic rings. The zero-order chi connectivity index (χ0) is 11.8. The minimum absolute atomic E-state index is 0.125. The minimum atomic E-state index is -0.125. The minimum Gasteiger partial charge on any atom is -0.384 e. The molecule has 84 valence electrons. The zero-order valence-electron chi connectivity index (χ0n) is 9.56. The molecule has 0 fully saturated rings. The molecule has 0 aliphatic rings. The third-order valence-corrected chi connectivity index (χ3v) is 2.12. The predicted molar refractivity (Wildman–Crippen MR) is 60.6 cm³/mol. The van der Waals surface area contributed by atoms with E-state index in [9.17, 15) is 0 Å². The van der Waals surface area contributed by atoms with E-state index in [0.717, 1.165) is 5.56 Å². The molecule has 0 saturated heterocycles. The molecular weight excluding hydrogens is 204 g/mol. The lowest BCUT2D eigenvalue weighted by molar-refractivity contribution is 0.402. The first-order valence-corrected chi connectivity index (χ1v) is 5.03. The second-order valence-electron chi connectivity index (χ2n) is 4.64. The molecule has 0 bridgehead atoms. The maximum absolute atomic E-state index is 5.59. The summed E-state index contributed by atoms with van der Waals surface area (Å²) in [4.78, 5) is 8.24. The Morgan fingerprint density at radius 1 is 1.31 bits per heavy atom. The van der Waals surface area contributed by atoms with Crippen molar-refractivity contribution in [3.63, 3.8) is 0 Å². The Morgan fingerprint density at radius 3 is 2.62 bits per heavy atom. The van der Waals surface area contributed by atoms with Crippen LogP contribution in [0.5, 0.6) is 0 Å². The Balaban J connectivity index is 2.39. The number of nitrogens with two attached hydrogens (primary N) is 1. The Bertz CT molecular complexity index is 499. The summed E-state index contributed by atoms with van der Waals surface area (Å²) in [5, 5.41) is 3.95. The van der Waals surface area contributed by atoms with E-state index in [1.54, 1.807) is 18.3 Å². The van der Waals surface area contributed by atoms with E-state index < -0.39 is 0 Å². The number of hydrogen-bond acceptors (Lipinski definition) is 5. The van der Waals surface area contributed by atoms with Crippen LogP contribution in [0, 0.1) is 0 Å². The van der Waals surface area contributed by atoms with Gasteiger partial charge in [0.1, 0.15) is 5.82 Å². The van der Waals surface area contributed by atoms with Gasteiger partial charge in [-0.2, -0.15) is 4.98 Å². The second kappa shape index (κ2) is 3.59. The third-order valence-electron chi connectivity index (χ3n) is 2.12. The van der Waals surface area contributed by atoms with Crippen LogP contribution in [0.4, 0.5) is 5.82 Å². The highest BCUT2D eigenvalue weighted by molar-refractivity contribution is 5.56. The van der Waals surface area contributed by atoms with Crippen molar-refractivity contribution >= 4 is 5.82 Å². The normalized spacial score (nSPS) is 11.7. The average Bonchev–Trinajstić information content (AvgIpc) is 2.65. The maximum atomic E-state index is 5.59. The van der Waals surface area contributed by atoms with Crippen molar-refractivity contribution in [2.45, 2.75) is 26.2 Å². The molecule has 2 rings (SSSR count). The average molecular weight is 218 g/mol. The molecule has 0 aliphatic carbocycles. The monoisotopic (exact) mass is 218 g/mol. The standard InChI is InChI=1S/C11H14N4O/c1-11(2,3)10-14-9(16-15-10)7-4-5-13-8(12)6-7/h4-6H,1-3H3,(H2,12,13). The summed E-state index contributed by atoms with van der Waals surface area (Å²) in [5.74, 6) is 1.59. The fourth-order valence-corrected chi connectivity index (χ4v) is 1.23. The van der Waals surface area contributed by atoms with Gasteiger partial charge in [-0.3, -0.25) is 0 Å². The summed E-state index contributed by atoms with van der Waals surface area (Å²) < 4.78 is 5.19. The highest BCUT2D eigenvalue weighted by atomic mass is 16.5. The number of rotatable bonds is 1. The van der Waals surface area contributed by atoms with Gasteiger partial charge >= 0.3 is 0 Å². The Kier molecular flexibility index (Phi) is 2.38. The number of pyridine rings is 1. The quantitative estimate of drug-likeness (QED) is 0.792. The highest BCUT2D eigenvalue weighted by Crippen LogP contribution is 2.23. The van der Waals surface area contributed by atoms with Gasteiger partial charge in [0.25, 0.3) is 5.89 Å². The van der Waals surface area contributed by atoms with Crippen LogP contribution in [-0.4, -0.2) is 15.1 Å². The molecule has 2 N–H and O–H groups in total.